The molecule has 1 aliphatic heterocycles. The summed E-state index contributed by atoms with van der Waals surface area (Å²) in [7, 11) is 0. The van der Waals surface area contributed by atoms with Crippen molar-refractivity contribution in [2.75, 3.05) is 0 Å². The van der Waals surface area contributed by atoms with Crippen LogP contribution in [0.5, 0.6) is 0 Å². The van der Waals surface area contributed by atoms with Gasteiger partial charge >= 0.3 is 0 Å². The van der Waals surface area contributed by atoms with Crippen LogP contribution in [0.15, 0.2) is 241 Å². The molecule has 0 saturated heterocycles. The van der Waals surface area contributed by atoms with E-state index in [0.29, 0.717) is 0 Å². The molecule has 16 rings (SSSR count). The van der Waals surface area contributed by atoms with Gasteiger partial charge in [0, 0.05) is 60.2 Å². The second kappa shape index (κ2) is 14.5. The fourth-order valence-corrected chi connectivity index (χ4v) is 13.6. The predicted octanol–water partition coefficient (Wildman–Crippen LogP) is 15.7. The molecule has 0 atom stereocenters. The zero-order valence-corrected chi connectivity index (χ0v) is 38.8. The lowest BCUT2D eigenvalue weighted by Gasteiger charge is -2.39. The van der Waals surface area contributed by atoms with Crippen molar-refractivity contribution in [3.05, 3.63) is 253 Å². The van der Waals surface area contributed by atoms with Gasteiger partial charge in [0.15, 0.2) is 0 Å². The molecule has 0 unspecified atom stereocenters. The van der Waals surface area contributed by atoms with E-state index in [4.69, 9.17) is 15.0 Å². The molecule has 71 heavy (non-hydrogen) atoms. The highest BCUT2D eigenvalue weighted by atomic mass is 32.2. The molecule has 0 fully saturated rings. The van der Waals surface area contributed by atoms with Crippen LogP contribution in [0.3, 0.4) is 0 Å². The summed E-state index contributed by atoms with van der Waals surface area (Å²) in [5, 5.41) is 7.35. The van der Waals surface area contributed by atoms with Gasteiger partial charge in [-0.3, -0.25) is 14.5 Å². The molecular weight excluding hydrogens is 885 g/mol. The standard InChI is InChI=1S/C64H38N6S/c1-6-20-53-43(13-1)44-14-2-7-21-54(44)68(53)41-27-31-59-52(37-41)64(50-18-11-33-65-62(50)63-51(64)19-12-34-66-63)49-29-25-40(36-60(49)71-59)39-26-30-58-48(35-39)47-17-5-8-22-55(47)69(58)42-28-32-61(67-38-42)70-56-23-9-3-15-45(56)46-16-4-10-24-57(46)70/h1-38H. The number of hydrogen-bond acceptors (Lipinski definition) is 4. The zero-order chi connectivity index (χ0) is 46.4. The molecule has 1 spiro atoms. The van der Waals surface area contributed by atoms with Crippen molar-refractivity contribution in [3.8, 4) is 39.7 Å². The number of nitrogens with zero attached hydrogens (tertiary/aromatic N) is 6. The predicted molar refractivity (Wildman–Crippen MR) is 290 cm³/mol. The van der Waals surface area contributed by atoms with Crippen LogP contribution in [0, 0.1) is 0 Å². The summed E-state index contributed by atoms with van der Waals surface area (Å²) in [6.45, 7) is 0. The van der Waals surface area contributed by atoms with Gasteiger partial charge in [-0.1, -0.05) is 133 Å². The minimum Gasteiger partial charge on any atom is -0.309 e. The molecule has 14 aromatic rings. The van der Waals surface area contributed by atoms with Crippen molar-refractivity contribution in [3.63, 3.8) is 0 Å². The van der Waals surface area contributed by atoms with Crippen LogP contribution in [-0.2, 0) is 5.41 Å². The van der Waals surface area contributed by atoms with Crippen molar-refractivity contribution in [2.45, 2.75) is 15.2 Å². The molecule has 0 N–H and O–H groups in total. The van der Waals surface area contributed by atoms with E-state index in [-0.39, 0.29) is 0 Å². The van der Waals surface area contributed by atoms with Crippen LogP contribution in [0.4, 0.5) is 0 Å². The van der Waals surface area contributed by atoms with E-state index >= 15 is 0 Å². The van der Waals surface area contributed by atoms with Crippen LogP contribution in [0.25, 0.3) is 105 Å². The Bertz CT molecular complexity index is 4420. The third-order valence-corrected chi connectivity index (χ3v) is 16.4. The van der Waals surface area contributed by atoms with Crippen LogP contribution in [0.1, 0.15) is 22.3 Å². The van der Waals surface area contributed by atoms with Crippen LogP contribution < -0.4 is 0 Å². The first-order valence-electron chi connectivity index (χ1n) is 24.1. The molecule has 330 valence electrons. The maximum Gasteiger partial charge on any atom is 0.137 e. The molecule has 6 aromatic heterocycles. The summed E-state index contributed by atoms with van der Waals surface area (Å²) in [4.78, 5) is 17.7. The van der Waals surface area contributed by atoms with Gasteiger partial charge < -0.3 is 9.13 Å². The minimum absolute atomic E-state index is 0.640. The maximum absolute atomic E-state index is 5.14. The first-order chi connectivity index (χ1) is 35.2. The minimum atomic E-state index is -0.640. The number of para-hydroxylation sites is 5. The quantitative estimate of drug-likeness (QED) is 0.176. The number of fused-ring (bicyclic) bond motifs is 18. The van der Waals surface area contributed by atoms with E-state index in [1.54, 1.807) is 0 Å². The second-order valence-corrected chi connectivity index (χ2v) is 19.8. The molecule has 1 aliphatic carbocycles. The van der Waals surface area contributed by atoms with Gasteiger partial charge in [-0.25, -0.2) is 4.98 Å². The number of hydrogen-bond donors (Lipinski definition) is 0. The molecular formula is C64H38N6S. The Kier molecular flexibility index (Phi) is 7.94. The largest absolute Gasteiger partial charge is 0.309 e. The van der Waals surface area contributed by atoms with Gasteiger partial charge in [-0.05, 0) is 124 Å². The normalized spacial score (nSPS) is 13.4. The summed E-state index contributed by atoms with van der Waals surface area (Å²) < 4.78 is 7.05. The topological polar surface area (TPSA) is 53.5 Å². The molecule has 0 saturated carbocycles. The van der Waals surface area contributed by atoms with Gasteiger partial charge in [-0.15, -0.1) is 0 Å². The summed E-state index contributed by atoms with van der Waals surface area (Å²) in [6.07, 6.45) is 5.82. The Balaban J connectivity index is 0.847. The van der Waals surface area contributed by atoms with E-state index in [1.807, 2.05) is 30.4 Å². The van der Waals surface area contributed by atoms with Crippen LogP contribution in [-0.4, -0.2) is 28.7 Å². The highest BCUT2D eigenvalue weighted by molar-refractivity contribution is 7.99. The maximum atomic E-state index is 5.14. The summed E-state index contributed by atoms with van der Waals surface area (Å²) in [6, 6.07) is 77.6. The van der Waals surface area contributed by atoms with Gasteiger partial charge in [-0.2, -0.15) is 0 Å². The van der Waals surface area contributed by atoms with E-state index in [9.17, 15) is 0 Å². The average molecular weight is 923 g/mol. The molecule has 8 aromatic carbocycles. The molecule has 0 bridgehead atoms. The van der Waals surface area contributed by atoms with Gasteiger partial charge in [0.05, 0.1) is 61.8 Å². The van der Waals surface area contributed by atoms with E-state index < -0.39 is 5.41 Å². The Morgan fingerprint density at radius 2 is 0.817 bits per heavy atom. The van der Waals surface area contributed by atoms with Crippen LogP contribution in [0.2, 0.25) is 0 Å². The number of benzene rings is 8. The van der Waals surface area contributed by atoms with Crippen molar-refractivity contribution < 1.29 is 0 Å². The molecule has 7 heteroatoms. The van der Waals surface area contributed by atoms with E-state index in [2.05, 4.69) is 226 Å². The lowest BCUT2D eigenvalue weighted by atomic mass is 9.67. The van der Waals surface area contributed by atoms with Crippen molar-refractivity contribution in [1.82, 2.24) is 28.7 Å². The third kappa shape index (κ3) is 5.25. The lowest BCUT2D eigenvalue weighted by molar-refractivity contribution is 0.718. The molecule has 0 amide bonds. The summed E-state index contributed by atoms with van der Waals surface area (Å²) in [5.41, 5.74) is 17.5. The van der Waals surface area contributed by atoms with E-state index in [1.165, 1.54) is 75.4 Å². The van der Waals surface area contributed by atoms with Crippen molar-refractivity contribution in [1.29, 1.82) is 0 Å². The van der Waals surface area contributed by atoms with Gasteiger partial charge in [0.1, 0.15) is 5.82 Å². The van der Waals surface area contributed by atoms with Crippen molar-refractivity contribution >= 4 is 77.2 Å². The highest BCUT2D eigenvalue weighted by Crippen LogP contribution is 2.62. The second-order valence-electron chi connectivity index (χ2n) is 18.7. The van der Waals surface area contributed by atoms with Gasteiger partial charge in [0.2, 0.25) is 0 Å². The number of pyridine rings is 3. The van der Waals surface area contributed by atoms with E-state index in [0.717, 1.165) is 61.8 Å². The molecule has 0 radical (unpaired) electrons. The first kappa shape index (κ1) is 38.9. The first-order valence-corrected chi connectivity index (χ1v) is 24.9. The average Bonchev–Trinajstić information content (AvgIpc) is 4.15. The summed E-state index contributed by atoms with van der Waals surface area (Å²) >= 11 is 1.86. The highest BCUT2D eigenvalue weighted by Gasteiger charge is 2.51. The Hall–Kier alpha value is -9.04. The molecule has 6 nitrogen and oxygen atoms in total. The number of rotatable bonds is 4. The molecule has 2 aliphatic rings. The van der Waals surface area contributed by atoms with Crippen molar-refractivity contribution in [2.24, 2.45) is 0 Å². The fourth-order valence-electron chi connectivity index (χ4n) is 12.4. The van der Waals surface area contributed by atoms with Gasteiger partial charge in [0.25, 0.3) is 0 Å². The van der Waals surface area contributed by atoms with Crippen LogP contribution >= 0.6 is 11.8 Å². The fraction of sp³-hybridized carbons (Fsp3) is 0.0156. The monoisotopic (exact) mass is 922 g/mol. The Labute approximate surface area is 411 Å². The SMILES string of the molecule is c1cnc2c(c1)C1(c3ccc(-c4ccc5c(c4)c4ccccc4n5-c4ccc(-n5c6ccccc6c6ccccc65)nc4)cc3Sc3ccc(-n4c5ccccc5c5ccccc54)cc31)c1cccnc1-2. The zero-order valence-electron chi connectivity index (χ0n) is 38.0. The Morgan fingerprint density at radius 1 is 0.324 bits per heavy atom. The third-order valence-electron chi connectivity index (χ3n) is 15.3. The summed E-state index contributed by atoms with van der Waals surface area (Å²) in [5.74, 6) is 0.893. The molecule has 7 heterocycles. The Morgan fingerprint density at radius 3 is 1.39 bits per heavy atom. The number of aromatic nitrogens is 6. The lowest BCUT2D eigenvalue weighted by Crippen LogP contribution is -2.32. The smallest absolute Gasteiger partial charge is 0.137 e.